The Morgan fingerprint density at radius 3 is 2.86 bits per heavy atom. The van der Waals surface area contributed by atoms with Gasteiger partial charge in [-0.25, -0.2) is 4.79 Å². The van der Waals surface area contributed by atoms with Gasteiger partial charge in [0.05, 0.1) is 10.6 Å². The molecule has 0 aliphatic carbocycles. The Kier molecular flexibility index (Phi) is 3.65. The van der Waals surface area contributed by atoms with E-state index in [0.29, 0.717) is 17.9 Å². The van der Waals surface area contributed by atoms with Crippen molar-refractivity contribution in [3.8, 4) is 0 Å². The van der Waals surface area contributed by atoms with E-state index in [1.807, 2.05) is 24.3 Å². The molecule has 0 saturated heterocycles. The summed E-state index contributed by atoms with van der Waals surface area (Å²) in [4.78, 5) is 11.1. The maximum atomic E-state index is 11.1. The highest BCUT2D eigenvalue weighted by Crippen LogP contribution is 2.20. The number of aromatic nitrogens is 3. The maximum Gasteiger partial charge on any atom is 0.337 e. The van der Waals surface area contributed by atoms with E-state index in [9.17, 15) is 4.79 Å². The Labute approximate surface area is 133 Å². The summed E-state index contributed by atoms with van der Waals surface area (Å²) in [7, 11) is 0. The van der Waals surface area contributed by atoms with Crippen molar-refractivity contribution in [1.29, 1.82) is 0 Å². The predicted octanol–water partition coefficient (Wildman–Crippen LogP) is 3.43. The first-order chi connectivity index (χ1) is 10.0. The zero-order chi connectivity index (χ0) is 15.0. The van der Waals surface area contributed by atoms with Crippen molar-refractivity contribution in [3.05, 3.63) is 63.0 Å². The second kappa shape index (κ2) is 5.46. The van der Waals surface area contributed by atoms with Crippen LogP contribution in [0.3, 0.4) is 0 Å². The van der Waals surface area contributed by atoms with Crippen molar-refractivity contribution in [2.24, 2.45) is 0 Å². The van der Waals surface area contributed by atoms with Gasteiger partial charge in [-0.1, -0.05) is 39.7 Å². The van der Waals surface area contributed by atoms with E-state index in [0.717, 1.165) is 10.0 Å². The van der Waals surface area contributed by atoms with Crippen molar-refractivity contribution >= 4 is 39.1 Å². The summed E-state index contributed by atoms with van der Waals surface area (Å²) in [5.74, 6) is -0.408. The predicted molar refractivity (Wildman–Crippen MR) is 81.9 cm³/mol. The summed E-state index contributed by atoms with van der Waals surface area (Å²) < 4.78 is 2.59. The number of nitrogens with zero attached hydrogens (tertiary/aromatic N) is 3. The molecule has 1 N–H and O–H groups in total. The van der Waals surface area contributed by atoms with E-state index >= 15 is 0 Å². The first-order valence-electron chi connectivity index (χ1n) is 6.05. The van der Waals surface area contributed by atoms with Crippen LogP contribution in [0.1, 0.15) is 21.7 Å². The zero-order valence-electron chi connectivity index (χ0n) is 10.6. The van der Waals surface area contributed by atoms with Gasteiger partial charge >= 0.3 is 5.97 Å². The third kappa shape index (κ3) is 2.77. The van der Waals surface area contributed by atoms with Crippen LogP contribution in [0.25, 0.3) is 5.65 Å². The van der Waals surface area contributed by atoms with Crippen LogP contribution < -0.4 is 0 Å². The summed E-state index contributed by atoms with van der Waals surface area (Å²) in [6.45, 7) is 0. The van der Waals surface area contributed by atoms with Crippen LogP contribution >= 0.6 is 27.5 Å². The topological polar surface area (TPSA) is 67.5 Å². The fraction of sp³-hybridized carbons (Fsp3) is 0.0714. The minimum absolute atomic E-state index is 0.0998. The van der Waals surface area contributed by atoms with Crippen molar-refractivity contribution in [2.75, 3.05) is 0 Å². The molecule has 0 aliphatic heterocycles. The van der Waals surface area contributed by atoms with Gasteiger partial charge in [0.25, 0.3) is 0 Å². The molecule has 2 aromatic heterocycles. The quantitative estimate of drug-likeness (QED) is 0.771. The van der Waals surface area contributed by atoms with Gasteiger partial charge in [0.2, 0.25) is 0 Å². The molecule has 0 amide bonds. The number of hydrogen-bond acceptors (Lipinski definition) is 3. The largest absolute Gasteiger partial charge is 0.478 e. The van der Waals surface area contributed by atoms with E-state index in [-0.39, 0.29) is 10.6 Å². The Balaban J connectivity index is 2.09. The fourth-order valence-corrected chi connectivity index (χ4v) is 2.76. The van der Waals surface area contributed by atoms with Crippen molar-refractivity contribution < 1.29 is 9.90 Å². The van der Waals surface area contributed by atoms with Crippen LogP contribution in [0.15, 0.2) is 41.0 Å². The lowest BCUT2D eigenvalue weighted by Gasteiger charge is -2.03. The third-order valence-corrected chi connectivity index (χ3v) is 3.80. The first kappa shape index (κ1) is 14.0. The van der Waals surface area contributed by atoms with Gasteiger partial charge in [0.15, 0.2) is 5.65 Å². The number of halogens is 2. The van der Waals surface area contributed by atoms with Gasteiger partial charge in [0.1, 0.15) is 5.82 Å². The molecule has 21 heavy (non-hydrogen) atoms. The molecular weight excluding hydrogens is 358 g/mol. The Morgan fingerprint density at radius 1 is 1.33 bits per heavy atom. The van der Waals surface area contributed by atoms with Gasteiger partial charge in [-0.2, -0.15) is 0 Å². The van der Waals surface area contributed by atoms with Gasteiger partial charge < -0.3 is 5.11 Å². The second-order valence-electron chi connectivity index (χ2n) is 4.50. The maximum absolute atomic E-state index is 11.1. The number of fused-ring (bicyclic) bond motifs is 1. The van der Waals surface area contributed by atoms with Crippen LogP contribution in [-0.4, -0.2) is 25.7 Å². The first-order valence-corrected chi connectivity index (χ1v) is 7.22. The van der Waals surface area contributed by atoms with Crippen molar-refractivity contribution in [2.45, 2.75) is 6.42 Å². The summed E-state index contributed by atoms with van der Waals surface area (Å²) in [6.07, 6.45) is 2.01. The summed E-state index contributed by atoms with van der Waals surface area (Å²) in [5, 5.41) is 17.5. The zero-order valence-corrected chi connectivity index (χ0v) is 13.0. The number of hydrogen-bond donors (Lipinski definition) is 1. The number of aromatic carboxylic acids is 1. The molecule has 0 unspecified atom stereocenters. The average molecular weight is 367 g/mol. The van der Waals surface area contributed by atoms with Crippen LogP contribution in [0.4, 0.5) is 0 Å². The lowest BCUT2D eigenvalue weighted by atomic mass is 10.1. The molecule has 0 aliphatic rings. The van der Waals surface area contributed by atoms with Gasteiger partial charge in [-0.05, 0) is 23.8 Å². The highest BCUT2D eigenvalue weighted by Gasteiger charge is 2.13. The number of carbonyl (C=O) groups is 1. The SMILES string of the molecule is O=C(O)c1cc(Cl)c2nnc(Cc3cccc(Br)c3)n2c1. The Hall–Kier alpha value is -1.92. The lowest BCUT2D eigenvalue weighted by Crippen LogP contribution is -2.02. The number of pyridine rings is 1. The Bertz CT molecular complexity index is 847. The molecule has 1 aromatic carbocycles. The molecule has 7 heteroatoms. The molecule has 3 aromatic rings. The smallest absolute Gasteiger partial charge is 0.337 e. The van der Waals surface area contributed by atoms with Crippen LogP contribution in [-0.2, 0) is 6.42 Å². The standard InChI is InChI=1S/C14H9BrClN3O2/c15-10-3-1-2-8(4-10)5-12-17-18-13-11(16)6-9(14(20)21)7-19(12)13/h1-4,6-7H,5H2,(H,20,21). The number of carboxylic acid groups (broad SMARTS) is 1. The Morgan fingerprint density at radius 2 is 2.14 bits per heavy atom. The third-order valence-electron chi connectivity index (χ3n) is 3.03. The molecule has 0 spiro atoms. The molecule has 0 fully saturated rings. The van der Waals surface area contributed by atoms with Crippen LogP contribution in [0, 0.1) is 0 Å². The fourth-order valence-electron chi connectivity index (χ4n) is 2.07. The highest BCUT2D eigenvalue weighted by atomic mass is 79.9. The molecule has 106 valence electrons. The van der Waals surface area contributed by atoms with E-state index < -0.39 is 5.97 Å². The highest BCUT2D eigenvalue weighted by molar-refractivity contribution is 9.10. The summed E-state index contributed by atoms with van der Waals surface area (Å²) in [5.41, 5.74) is 1.59. The van der Waals surface area contributed by atoms with Gasteiger partial charge in [0, 0.05) is 17.1 Å². The second-order valence-corrected chi connectivity index (χ2v) is 5.82. The van der Waals surface area contributed by atoms with Crippen LogP contribution in [0.2, 0.25) is 5.02 Å². The minimum Gasteiger partial charge on any atom is -0.478 e. The van der Waals surface area contributed by atoms with Gasteiger partial charge in [-0.15, -0.1) is 10.2 Å². The lowest BCUT2D eigenvalue weighted by molar-refractivity contribution is 0.0696. The molecule has 0 bridgehead atoms. The van der Waals surface area contributed by atoms with Crippen molar-refractivity contribution in [1.82, 2.24) is 14.6 Å². The molecular formula is C14H9BrClN3O2. The van der Waals surface area contributed by atoms with Gasteiger partial charge in [-0.3, -0.25) is 4.40 Å². The molecule has 0 saturated carbocycles. The van der Waals surface area contributed by atoms with Crippen LogP contribution in [0.5, 0.6) is 0 Å². The van der Waals surface area contributed by atoms with E-state index in [2.05, 4.69) is 26.1 Å². The summed E-state index contributed by atoms with van der Waals surface area (Å²) >= 11 is 9.47. The molecule has 3 rings (SSSR count). The summed E-state index contributed by atoms with van der Waals surface area (Å²) in [6, 6.07) is 9.18. The average Bonchev–Trinajstić information content (AvgIpc) is 2.82. The van der Waals surface area contributed by atoms with E-state index in [4.69, 9.17) is 16.7 Å². The van der Waals surface area contributed by atoms with E-state index in [1.165, 1.54) is 12.3 Å². The monoisotopic (exact) mass is 365 g/mol. The van der Waals surface area contributed by atoms with E-state index in [1.54, 1.807) is 4.40 Å². The minimum atomic E-state index is -1.04. The number of rotatable bonds is 3. The molecule has 5 nitrogen and oxygen atoms in total. The normalized spacial score (nSPS) is 11.0. The van der Waals surface area contributed by atoms with Crippen molar-refractivity contribution in [3.63, 3.8) is 0 Å². The number of benzene rings is 1. The molecule has 0 atom stereocenters. The number of carboxylic acids is 1. The molecule has 0 radical (unpaired) electrons. The molecule has 2 heterocycles.